The van der Waals surface area contributed by atoms with Crippen LogP contribution in [0.25, 0.3) is 0 Å². The molecule has 1 aromatic heterocycles. The van der Waals surface area contributed by atoms with E-state index in [2.05, 4.69) is 10.4 Å². The first kappa shape index (κ1) is 18.9. The summed E-state index contributed by atoms with van der Waals surface area (Å²) in [5.41, 5.74) is 5.68. The molecule has 0 aliphatic carbocycles. The van der Waals surface area contributed by atoms with Crippen LogP contribution in [-0.4, -0.2) is 15.5 Å². The Morgan fingerprint density at radius 2 is 1.75 bits per heavy atom. The Kier molecular flexibility index (Phi) is 5.06. The van der Waals surface area contributed by atoms with Crippen LogP contribution in [0.4, 0.5) is 5.69 Å². The Bertz CT molecular complexity index is 1060. The minimum absolute atomic E-state index is 0.122. The molecule has 142 valence electrons. The molecular formula is C20H15Cl3N4O. The van der Waals surface area contributed by atoms with Crippen molar-refractivity contribution in [2.75, 3.05) is 5.01 Å². The van der Waals surface area contributed by atoms with Crippen LogP contribution < -0.4 is 10.4 Å². The second-order valence-electron chi connectivity index (χ2n) is 6.37. The van der Waals surface area contributed by atoms with E-state index in [4.69, 9.17) is 34.8 Å². The van der Waals surface area contributed by atoms with Gasteiger partial charge in [-0.3, -0.25) is 15.2 Å². The summed E-state index contributed by atoms with van der Waals surface area (Å²) in [6, 6.07) is 10.4. The first-order valence-corrected chi connectivity index (χ1v) is 9.59. The lowest BCUT2D eigenvalue weighted by atomic mass is 9.95. The summed E-state index contributed by atoms with van der Waals surface area (Å²) in [6.45, 7) is 1.97. The van der Waals surface area contributed by atoms with Gasteiger partial charge in [0.2, 0.25) is 0 Å². The maximum Gasteiger partial charge on any atom is 0.273 e. The molecule has 1 amide bonds. The van der Waals surface area contributed by atoms with Gasteiger partial charge in [0.25, 0.3) is 5.91 Å². The fraction of sp³-hybridized carbons (Fsp3) is 0.100. The summed E-state index contributed by atoms with van der Waals surface area (Å²) in [4.78, 5) is 17.0. The molecule has 28 heavy (non-hydrogen) atoms. The lowest BCUT2D eigenvalue weighted by molar-refractivity contribution is 0.0953. The normalized spacial score (nSPS) is 15.8. The Morgan fingerprint density at radius 3 is 2.43 bits per heavy atom. The van der Waals surface area contributed by atoms with Crippen LogP contribution in [0.2, 0.25) is 15.1 Å². The van der Waals surface area contributed by atoms with Crippen molar-refractivity contribution < 1.29 is 4.79 Å². The second kappa shape index (κ2) is 7.51. The molecule has 3 aromatic rings. The van der Waals surface area contributed by atoms with E-state index in [9.17, 15) is 4.79 Å². The Hall–Kier alpha value is -2.47. The quantitative estimate of drug-likeness (QED) is 0.593. The molecule has 1 atom stereocenters. The van der Waals surface area contributed by atoms with Gasteiger partial charge in [-0.1, -0.05) is 46.9 Å². The number of nitrogens with one attached hydrogen (secondary N) is 1. The number of carbonyl (C=O) groups excluding carboxylic acids is 1. The van der Waals surface area contributed by atoms with Gasteiger partial charge < -0.3 is 4.57 Å². The molecule has 0 fully saturated rings. The number of amides is 1. The molecule has 2 aromatic carbocycles. The van der Waals surface area contributed by atoms with Gasteiger partial charge in [0.1, 0.15) is 0 Å². The molecule has 1 aliphatic heterocycles. The molecule has 0 bridgehead atoms. The van der Waals surface area contributed by atoms with Crippen molar-refractivity contribution in [2.45, 2.75) is 13.0 Å². The zero-order chi connectivity index (χ0) is 19.8. The molecule has 0 spiro atoms. The van der Waals surface area contributed by atoms with Crippen LogP contribution in [0.1, 0.15) is 28.9 Å². The zero-order valence-corrected chi connectivity index (χ0v) is 17.0. The predicted molar refractivity (Wildman–Crippen MR) is 112 cm³/mol. The third-order valence-corrected chi connectivity index (χ3v) is 5.52. The van der Waals surface area contributed by atoms with Crippen molar-refractivity contribution in [3.63, 3.8) is 0 Å². The molecule has 0 radical (unpaired) electrons. The van der Waals surface area contributed by atoms with Gasteiger partial charge in [0.05, 0.1) is 33.7 Å². The van der Waals surface area contributed by atoms with E-state index < -0.39 is 5.91 Å². The van der Waals surface area contributed by atoms with Crippen LogP contribution in [0.15, 0.2) is 66.9 Å². The standard InChI is InChI=1S/C20H15Cl3N4O/c1-12-10-27(25-20(28)17-13(21)4-2-5-14(17)22)16-7-3-6-15(23)18(16)19(12)26-9-8-24-11-26/h2-11,19H,1H3,(H,25,28). The van der Waals surface area contributed by atoms with Crippen molar-refractivity contribution in [1.29, 1.82) is 0 Å². The number of halogens is 3. The van der Waals surface area contributed by atoms with Gasteiger partial charge in [-0.25, -0.2) is 4.98 Å². The van der Waals surface area contributed by atoms with Crippen LogP contribution in [0.5, 0.6) is 0 Å². The van der Waals surface area contributed by atoms with E-state index in [0.29, 0.717) is 5.02 Å². The van der Waals surface area contributed by atoms with Crippen LogP contribution in [0.3, 0.4) is 0 Å². The van der Waals surface area contributed by atoms with Crippen molar-refractivity contribution in [2.24, 2.45) is 0 Å². The predicted octanol–water partition coefficient (Wildman–Crippen LogP) is 5.50. The number of allylic oxidation sites excluding steroid dienone is 1. The summed E-state index contributed by atoms with van der Waals surface area (Å²) in [5, 5.41) is 2.81. The summed E-state index contributed by atoms with van der Waals surface area (Å²) in [7, 11) is 0. The molecule has 2 heterocycles. The van der Waals surface area contributed by atoms with Gasteiger partial charge >= 0.3 is 0 Å². The molecule has 1 aliphatic rings. The number of hydrogen-bond acceptors (Lipinski definition) is 3. The SMILES string of the molecule is CC1=CN(NC(=O)c2c(Cl)cccc2Cl)c2cccc(Cl)c2C1n1ccnc1. The number of nitrogens with zero attached hydrogens (tertiary/aromatic N) is 3. The third kappa shape index (κ3) is 3.26. The number of fused-ring (bicyclic) bond motifs is 1. The highest BCUT2D eigenvalue weighted by molar-refractivity contribution is 6.39. The highest BCUT2D eigenvalue weighted by Crippen LogP contribution is 2.42. The number of imidazole rings is 1. The average Bonchev–Trinajstić information content (AvgIpc) is 3.16. The largest absolute Gasteiger partial charge is 0.326 e. The van der Waals surface area contributed by atoms with E-state index in [1.807, 2.05) is 42.1 Å². The first-order chi connectivity index (χ1) is 13.5. The fourth-order valence-electron chi connectivity index (χ4n) is 3.36. The number of aromatic nitrogens is 2. The minimum atomic E-state index is -0.411. The third-order valence-electron chi connectivity index (χ3n) is 4.56. The minimum Gasteiger partial charge on any atom is -0.326 e. The van der Waals surface area contributed by atoms with E-state index in [-0.39, 0.29) is 21.7 Å². The molecular weight excluding hydrogens is 419 g/mol. The maximum absolute atomic E-state index is 12.9. The second-order valence-corrected chi connectivity index (χ2v) is 7.59. The van der Waals surface area contributed by atoms with Crippen molar-refractivity contribution >= 4 is 46.4 Å². The lowest BCUT2D eigenvalue weighted by Gasteiger charge is -2.34. The van der Waals surface area contributed by atoms with E-state index in [1.54, 1.807) is 35.7 Å². The number of hydrogen-bond donors (Lipinski definition) is 1. The Balaban J connectivity index is 1.76. The monoisotopic (exact) mass is 432 g/mol. The summed E-state index contributed by atoms with van der Waals surface area (Å²) in [5.74, 6) is -0.411. The molecule has 5 nitrogen and oxygen atoms in total. The van der Waals surface area contributed by atoms with E-state index >= 15 is 0 Å². The highest BCUT2D eigenvalue weighted by atomic mass is 35.5. The van der Waals surface area contributed by atoms with E-state index in [0.717, 1.165) is 16.8 Å². The van der Waals surface area contributed by atoms with E-state index in [1.165, 1.54) is 0 Å². The summed E-state index contributed by atoms with van der Waals surface area (Å²) >= 11 is 18.9. The van der Waals surface area contributed by atoms with Gasteiger partial charge in [0.15, 0.2) is 0 Å². The van der Waals surface area contributed by atoms with Gasteiger partial charge in [0, 0.05) is 29.2 Å². The van der Waals surface area contributed by atoms with Gasteiger partial charge in [-0.2, -0.15) is 0 Å². The van der Waals surface area contributed by atoms with Gasteiger partial charge in [-0.05, 0) is 36.8 Å². The summed E-state index contributed by atoms with van der Waals surface area (Å²) < 4.78 is 1.97. The van der Waals surface area contributed by atoms with Crippen LogP contribution in [0, 0.1) is 0 Å². The smallest absolute Gasteiger partial charge is 0.273 e. The number of hydrazine groups is 1. The first-order valence-electron chi connectivity index (χ1n) is 8.45. The molecule has 1 N–H and O–H groups in total. The van der Waals surface area contributed by atoms with Crippen molar-refractivity contribution in [3.05, 3.63) is 93.1 Å². The number of carbonyl (C=O) groups is 1. The molecule has 0 saturated carbocycles. The Morgan fingerprint density at radius 1 is 1.07 bits per heavy atom. The lowest BCUT2D eigenvalue weighted by Crippen LogP contribution is -2.42. The fourth-order valence-corrected chi connectivity index (χ4v) is 4.20. The van der Waals surface area contributed by atoms with Crippen molar-refractivity contribution in [3.8, 4) is 0 Å². The average molecular weight is 434 g/mol. The van der Waals surface area contributed by atoms with Crippen molar-refractivity contribution in [1.82, 2.24) is 15.0 Å². The van der Waals surface area contributed by atoms with Gasteiger partial charge in [-0.15, -0.1) is 0 Å². The zero-order valence-electron chi connectivity index (χ0n) is 14.7. The van der Waals surface area contributed by atoms with Crippen LogP contribution in [-0.2, 0) is 0 Å². The summed E-state index contributed by atoms with van der Waals surface area (Å²) in [6.07, 6.45) is 7.20. The number of anilines is 1. The number of rotatable bonds is 3. The maximum atomic E-state index is 12.9. The molecule has 4 rings (SSSR count). The topological polar surface area (TPSA) is 50.2 Å². The van der Waals surface area contributed by atoms with Crippen LogP contribution >= 0.6 is 34.8 Å². The number of benzene rings is 2. The Labute approximate surface area is 177 Å². The molecule has 1 unspecified atom stereocenters. The molecule has 8 heteroatoms. The highest BCUT2D eigenvalue weighted by Gasteiger charge is 2.30. The molecule has 0 saturated heterocycles.